The molecule has 4 aromatic rings. The van der Waals surface area contributed by atoms with Crippen LogP contribution in [-0.2, 0) is 32.6 Å². The summed E-state index contributed by atoms with van der Waals surface area (Å²) in [6, 6.07) is 31.5. The Hall–Kier alpha value is -4.43. The summed E-state index contributed by atoms with van der Waals surface area (Å²) in [5.74, 6) is -0.781. The topological polar surface area (TPSA) is 86.8 Å². The maximum absolute atomic E-state index is 14.5. The highest BCUT2D eigenvalue weighted by Crippen LogP contribution is 2.28. The van der Waals surface area contributed by atoms with E-state index in [1.165, 1.54) is 21.3 Å². The highest BCUT2D eigenvalue weighted by Gasteiger charge is 2.35. The fourth-order valence-corrected chi connectivity index (χ4v) is 6.43. The fraction of sp³-hybridized carbons (Fsp3) is 0.257. The molecule has 4 aromatic carbocycles. The number of rotatable bonds is 12. The van der Waals surface area contributed by atoms with Crippen LogP contribution in [0.2, 0.25) is 0 Å². The molecule has 0 spiro atoms. The molecule has 8 heteroatoms. The Bertz CT molecular complexity index is 1630. The van der Waals surface area contributed by atoms with Crippen molar-refractivity contribution in [2.24, 2.45) is 0 Å². The number of amides is 2. The Labute approximate surface area is 255 Å². The van der Waals surface area contributed by atoms with Crippen LogP contribution in [0.15, 0.2) is 114 Å². The van der Waals surface area contributed by atoms with E-state index in [4.69, 9.17) is 0 Å². The third-order valence-electron chi connectivity index (χ3n) is 7.14. The fourth-order valence-electron chi connectivity index (χ4n) is 4.94. The first kappa shape index (κ1) is 31.5. The van der Waals surface area contributed by atoms with Crippen molar-refractivity contribution in [2.45, 2.75) is 57.6 Å². The zero-order valence-corrected chi connectivity index (χ0v) is 25.9. The van der Waals surface area contributed by atoms with Gasteiger partial charge < -0.3 is 10.2 Å². The molecule has 224 valence electrons. The van der Waals surface area contributed by atoms with E-state index in [2.05, 4.69) is 5.32 Å². The minimum atomic E-state index is -4.13. The minimum absolute atomic E-state index is 0.0803. The average molecular weight is 598 g/mol. The predicted molar refractivity (Wildman–Crippen MR) is 171 cm³/mol. The number of hydrogen-bond donors (Lipinski definition) is 1. The number of aryl methyl sites for hydroxylation is 2. The van der Waals surface area contributed by atoms with Crippen molar-refractivity contribution in [2.75, 3.05) is 10.8 Å². The number of nitrogens with one attached hydrogen (secondary N) is 1. The molecule has 0 radical (unpaired) electrons. The molecule has 0 aliphatic heterocycles. The summed E-state index contributed by atoms with van der Waals surface area (Å²) in [4.78, 5) is 29.8. The molecule has 1 N–H and O–H groups in total. The van der Waals surface area contributed by atoms with Gasteiger partial charge in [0.15, 0.2) is 0 Å². The van der Waals surface area contributed by atoms with Gasteiger partial charge in [-0.2, -0.15) is 0 Å². The van der Waals surface area contributed by atoms with Gasteiger partial charge in [-0.3, -0.25) is 13.9 Å². The van der Waals surface area contributed by atoms with E-state index in [0.717, 1.165) is 16.7 Å². The number of carbonyl (C=O) groups is 2. The number of sulfonamides is 1. The first-order chi connectivity index (χ1) is 20.6. The van der Waals surface area contributed by atoms with E-state index in [1.54, 1.807) is 24.3 Å². The van der Waals surface area contributed by atoms with Crippen LogP contribution in [0.5, 0.6) is 0 Å². The second-order valence-electron chi connectivity index (χ2n) is 11.0. The maximum atomic E-state index is 14.5. The number of benzene rings is 4. The van der Waals surface area contributed by atoms with E-state index in [0.29, 0.717) is 11.3 Å². The molecule has 4 rings (SSSR count). The molecule has 0 saturated heterocycles. The standard InChI is InChI=1S/C35H39N3O4S/c1-26(2)36-35(40)33(23-29-14-8-5-9-15-29)37(24-30-16-10-6-11-17-30)34(39)25-38(32-22-27(3)20-21-28(32)4)43(41,42)31-18-12-7-13-19-31/h5-22,26,33H,23-25H2,1-4H3,(H,36,40)/t33-/m1/s1. The van der Waals surface area contributed by atoms with Crippen LogP contribution in [0.25, 0.3) is 0 Å². The number of carbonyl (C=O) groups excluding carboxylic acids is 2. The molecular formula is C35H39N3O4S. The van der Waals surface area contributed by atoms with Crippen LogP contribution in [0.3, 0.4) is 0 Å². The van der Waals surface area contributed by atoms with Gasteiger partial charge in [-0.15, -0.1) is 0 Å². The summed E-state index contributed by atoms with van der Waals surface area (Å²) in [5, 5.41) is 2.98. The second-order valence-corrected chi connectivity index (χ2v) is 12.9. The van der Waals surface area contributed by atoms with Gasteiger partial charge in [-0.1, -0.05) is 91.0 Å². The number of nitrogens with zero attached hydrogens (tertiary/aromatic N) is 2. The maximum Gasteiger partial charge on any atom is 0.264 e. The van der Waals surface area contributed by atoms with Crippen molar-refractivity contribution in [3.63, 3.8) is 0 Å². The van der Waals surface area contributed by atoms with Crippen molar-refractivity contribution in [3.8, 4) is 0 Å². The highest BCUT2D eigenvalue weighted by atomic mass is 32.2. The van der Waals surface area contributed by atoms with E-state index in [1.807, 2.05) is 100 Å². The lowest BCUT2D eigenvalue weighted by molar-refractivity contribution is -0.140. The molecule has 2 amide bonds. The van der Waals surface area contributed by atoms with Crippen LogP contribution in [-0.4, -0.2) is 43.8 Å². The molecule has 0 heterocycles. The molecule has 0 aromatic heterocycles. The first-order valence-electron chi connectivity index (χ1n) is 14.4. The van der Waals surface area contributed by atoms with Gasteiger partial charge in [0.1, 0.15) is 12.6 Å². The minimum Gasteiger partial charge on any atom is -0.352 e. The van der Waals surface area contributed by atoms with Gasteiger partial charge in [0, 0.05) is 19.0 Å². The highest BCUT2D eigenvalue weighted by molar-refractivity contribution is 7.92. The van der Waals surface area contributed by atoms with Crippen molar-refractivity contribution in [1.29, 1.82) is 0 Å². The van der Waals surface area contributed by atoms with Gasteiger partial charge in [0.2, 0.25) is 11.8 Å². The van der Waals surface area contributed by atoms with Gasteiger partial charge in [-0.25, -0.2) is 8.42 Å². The van der Waals surface area contributed by atoms with Crippen LogP contribution in [0, 0.1) is 13.8 Å². The lowest BCUT2D eigenvalue weighted by atomic mass is 10.0. The molecule has 0 saturated carbocycles. The normalized spacial score (nSPS) is 12.0. The molecule has 0 aliphatic rings. The molecule has 7 nitrogen and oxygen atoms in total. The van der Waals surface area contributed by atoms with Crippen LogP contribution in [0.4, 0.5) is 5.69 Å². The summed E-state index contributed by atoms with van der Waals surface area (Å²) in [6.07, 6.45) is 0.271. The average Bonchev–Trinajstić information content (AvgIpc) is 3.00. The van der Waals surface area contributed by atoms with E-state index >= 15 is 0 Å². The van der Waals surface area contributed by atoms with Crippen molar-refractivity contribution in [1.82, 2.24) is 10.2 Å². The smallest absolute Gasteiger partial charge is 0.264 e. The Balaban J connectivity index is 1.81. The van der Waals surface area contributed by atoms with Crippen LogP contribution < -0.4 is 9.62 Å². The SMILES string of the molecule is Cc1ccc(C)c(N(CC(=O)N(Cc2ccccc2)[C@H](Cc2ccccc2)C(=O)NC(C)C)S(=O)(=O)c2ccccc2)c1. The van der Waals surface area contributed by atoms with Gasteiger partial charge in [0.05, 0.1) is 10.6 Å². The van der Waals surface area contributed by atoms with Crippen LogP contribution >= 0.6 is 0 Å². The largest absolute Gasteiger partial charge is 0.352 e. The van der Waals surface area contributed by atoms with Crippen molar-refractivity contribution < 1.29 is 18.0 Å². The number of hydrogen-bond acceptors (Lipinski definition) is 4. The van der Waals surface area contributed by atoms with E-state index in [9.17, 15) is 18.0 Å². The van der Waals surface area contributed by atoms with Gasteiger partial charge in [-0.05, 0) is 68.1 Å². The Morgan fingerprint density at radius 1 is 0.767 bits per heavy atom. The lowest BCUT2D eigenvalue weighted by Crippen LogP contribution is -2.54. The van der Waals surface area contributed by atoms with Gasteiger partial charge in [0.25, 0.3) is 10.0 Å². The van der Waals surface area contributed by atoms with Crippen molar-refractivity contribution in [3.05, 3.63) is 131 Å². The zero-order chi connectivity index (χ0) is 31.0. The van der Waals surface area contributed by atoms with Gasteiger partial charge >= 0.3 is 0 Å². The number of anilines is 1. The Morgan fingerprint density at radius 2 is 1.33 bits per heavy atom. The van der Waals surface area contributed by atoms with Crippen LogP contribution in [0.1, 0.15) is 36.1 Å². The third kappa shape index (κ3) is 8.11. The van der Waals surface area contributed by atoms with E-state index in [-0.39, 0.29) is 29.8 Å². The summed E-state index contributed by atoms with van der Waals surface area (Å²) >= 11 is 0. The lowest BCUT2D eigenvalue weighted by Gasteiger charge is -2.34. The first-order valence-corrected chi connectivity index (χ1v) is 15.8. The molecule has 0 unspecified atom stereocenters. The monoisotopic (exact) mass is 597 g/mol. The molecule has 1 atom stereocenters. The molecule has 43 heavy (non-hydrogen) atoms. The zero-order valence-electron chi connectivity index (χ0n) is 25.1. The quantitative estimate of drug-likeness (QED) is 0.228. The summed E-state index contributed by atoms with van der Waals surface area (Å²) in [5.41, 5.74) is 3.71. The predicted octanol–water partition coefficient (Wildman–Crippen LogP) is 5.66. The molecule has 0 fully saturated rings. The second kappa shape index (κ2) is 14.2. The Morgan fingerprint density at radius 3 is 1.91 bits per heavy atom. The summed E-state index contributed by atoms with van der Waals surface area (Å²) in [6.45, 7) is 7.10. The van der Waals surface area contributed by atoms with E-state index < -0.39 is 28.5 Å². The molecule has 0 bridgehead atoms. The van der Waals surface area contributed by atoms with Crippen molar-refractivity contribution >= 4 is 27.5 Å². The molecular weight excluding hydrogens is 558 g/mol. The molecule has 0 aliphatic carbocycles. The third-order valence-corrected chi connectivity index (χ3v) is 8.92. The summed E-state index contributed by atoms with van der Waals surface area (Å²) in [7, 11) is -4.13. The summed E-state index contributed by atoms with van der Waals surface area (Å²) < 4.78 is 29.4. The Kier molecular flexibility index (Phi) is 10.4.